The van der Waals surface area contributed by atoms with Crippen LogP contribution < -0.4 is 0 Å². The van der Waals surface area contributed by atoms with E-state index in [1.165, 1.54) is 0 Å². The molecule has 0 unspecified atom stereocenters. The summed E-state index contributed by atoms with van der Waals surface area (Å²) >= 11 is 0. The van der Waals surface area contributed by atoms with E-state index >= 15 is 0 Å². The normalized spacial score (nSPS) is 19.3. The van der Waals surface area contributed by atoms with Crippen molar-refractivity contribution < 1.29 is 19.4 Å². The van der Waals surface area contributed by atoms with Crippen LogP contribution in [-0.2, 0) is 14.3 Å². The zero-order valence-electron chi connectivity index (χ0n) is 6.99. The molecular formula is C8H14O4. The summed E-state index contributed by atoms with van der Waals surface area (Å²) in [6.07, 6.45) is 2.08. The van der Waals surface area contributed by atoms with Crippen molar-refractivity contribution in [1.29, 1.82) is 0 Å². The number of rotatable bonds is 4. The molecule has 0 aromatic heterocycles. The first-order valence-electron chi connectivity index (χ1n) is 4.20. The number of carboxylic acid groups (broad SMARTS) is 1. The predicted molar refractivity (Wildman–Crippen MR) is 42.0 cm³/mol. The van der Waals surface area contributed by atoms with E-state index in [1.54, 1.807) is 0 Å². The fourth-order valence-corrected chi connectivity index (χ4v) is 1.16. The van der Waals surface area contributed by atoms with Crippen LogP contribution in [0.2, 0.25) is 0 Å². The molecule has 0 saturated carbocycles. The van der Waals surface area contributed by atoms with Gasteiger partial charge in [-0.2, -0.15) is 0 Å². The van der Waals surface area contributed by atoms with Gasteiger partial charge in [0, 0.05) is 13.2 Å². The second-order valence-corrected chi connectivity index (χ2v) is 2.83. The van der Waals surface area contributed by atoms with Crippen molar-refractivity contribution in [3.63, 3.8) is 0 Å². The Morgan fingerprint density at radius 3 is 2.75 bits per heavy atom. The van der Waals surface area contributed by atoms with Gasteiger partial charge < -0.3 is 14.6 Å². The van der Waals surface area contributed by atoms with Crippen LogP contribution >= 0.6 is 0 Å². The molecule has 4 heteroatoms. The van der Waals surface area contributed by atoms with Crippen LogP contribution in [0.15, 0.2) is 0 Å². The zero-order chi connectivity index (χ0) is 8.81. The van der Waals surface area contributed by atoms with Crippen LogP contribution in [0.4, 0.5) is 0 Å². The number of aliphatic carboxylic acids is 1. The topological polar surface area (TPSA) is 55.8 Å². The molecule has 0 bridgehead atoms. The van der Waals surface area contributed by atoms with Crippen molar-refractivity contribution in [2.45, 2.75) is 25.4 Å². The van der Waals surface area contributed by atoms with Gasteiger partial charge in [-0.1, -0.05) is 0 Å². The molecule has 1 heterocycles. The van der Waals surface area contributed by atoms with Crippen LogP contribution in [0.5, 0.6) is 0 Å². The molecule has 0 atom stereocenters. The maximum Gasteiger partial charge on any atom is 0.305 e. The lowest BCUT2D eigenvalue weighted by Crippen LogP contribution is -2.24. The average Bonchev–Trinajstić information content (AvgIpc) is 2.05. The Morgan fingerprint density at radius 2 is 2.17 bits per heavy atom. The van der Waals surface area contributed by atoms with Crippen LogP contribution in [0.3, 0.4) is 0 Å². The minimum atomic E-state index is -0.804. The number of hydrogen-bond donors (Lipinski definition) is 1. The van der Waals surface area contributed by atoms with E-state index in [9.17, 15) is 4.79 Å². The first-order valence-corrected chi connectivity index (χ1v) is 4.20. The van der Waals surface area contributed by atoms with Crippen LogP contribution in [-0.4, -0.2) is 37.0 Å². The van der Waals surface area contributed by atoms with Crippen molar-refractivity contribution in [1.82, 2.24) is 0 Å². The SMILES string of the molecule is O=C(O)CCOC1CCOCC1. The highest BCUT2D eigenvalue weighted by atomic mass is 16.5. The van der Waals surface area contributed by atoms with E-state index in [4.69, 9.17) is 14.6 Å². The molecule has 0 spiro atoms. The molecule has 1 saturated heterocycles. The van der Waals surface area contributed by atoms with E-state index in [-0.39, 0.29) is 12.5 Å². The summed E-state index contributed by atoms with van der Waals surface area (Å²) in [4.78, 5) is 10.1. The van der Waals surface area contributed by atoms with Gasteiger partial charge in [0.2, 0.25) is 0 Å². The lowest BCUT2D eigenvalue weighted by atomic mass is 10.1. The van der Waals surface area contributed by atoms with Gasteiger partial charge in [-0.15, -0.1) is 0 Å². The summed E-state index contributed by atoms with van der Waals surface area (Å²) in [5.41, 5.74) is 0. The standard InChI is InChI=1S/C8H14O4/c9-8(10)3-6-12-7-1-4-11-5-2-7/h7H,1-6H2,(H,9,10). The Bertz CT molecular complexity index is 140. The van der Waals surface area contributed by atoms with Crippen LogP contribution in [0.1, 0.15) is 19.3 Å². The van der Waals surface area contributed by atoms with Gasteiger partial charge in [0.15, 0.2) is 0 Å². The molecule has 0 amide bonds. The van der Waals surface area contributed by atoms with Crippen LogP contribution in [0.25, 0.3) is 0 Å². The lowest BCUT2D eigenvalue weighted by Gasteiger charge is -2.21. The molecule has 1 aliphatic rings. The summed E-state index contributed by atoms with van der Waals surface area (Å²) in [7, 11) is 0. The number of carboxylic acids is 1. The number of hydrogen-bond acceptors (Lipinski definition) is 3. The monoisotopic (exact) mass is 174 g/mol. The molecule has 0 aromatic carbocycles. The first kappa shape index (κ1) is 9.48. The second kappa shape index (κ2) is 5.11. The summed E-state index contributed by atoms with van der Waals surface area (Å²) in [5.74, 6) is -0.804. The largest absolute Gasteiger partial charge is 0.481 e. The van der Waals surface area contributed by atoms with E-state index in [1.807, 2.05) is 0 Å². The fraction of sp³-hybridized carbons (Fsp3) is 0.875. The predicted octanol–water partition coefficient (Wildman–Crippen LogP) is 0.657. The molecule has 1 fully saturated rings. The van der Waals surface area contributed by atoms with Crippen molar-refractivity contribution in [2.75, 3.05) is 19.8 Å². The third-order valence-electron chi connectivity index (χ3n) is 1.84. The van der Waals surface area contributed by atoms with Gasteiger partial charge in [0.05, 0.1) is 19.1 Å². The highest BCUT2D eigenvalue weighted by molar-refractivity contribution is 5.66. The zero-order valence-corrected chi connectivity index (χ0v) is 6.99. The van der Waals surface area contributed by atoms with Crippen molar-refractivity contribution >= 4 is 5.97 Å². The Hall–Kier alpha value is -0.610. The highest BCUT2D eigenvalue weighted by Gasteiger charge is 2.13. The van der Waals surface area contributed by atoms with E-state index in [0.29, 0.717) is 6.61 Å². The van der Waals surface area contributed by atoms with E-state index in [0.717, 1.165) is 26.1 Å². The quantitative estimate of drug-likeness (QED) is 0.680. The molecule has 1 N–H and O–H groups in total. The molecule has 0 aromatic rings. The molecule has 0 radical (unpaired) electrons. The minimum absolute atomic E-state index is 0.0946. The Kier molecular flexibility index (Phi) is 4.04. The van der Waals surface area contributed by atoms with E-state index < -0.39 is 5.97 Å². The third-order valence-corrected chi connectivity index (χ3v) is 1.84. The van der Waals surface area contributed by atoms with Gasteiger partial charge in [-0.3, -0.25) is 4.79 Å². The maximum absolute atomic E-state index is 10.1. The van der Waals surface area contributed by atoms with Crippen molar-refractivity contribution in [2.24, 2.45) is 0 Å². The second-order valence-electron chi connectivity index (χ2n) is 2.83. The number of carbonyl (C=O) groups is 1. The molecule has 12 heavy (non-hydrogen) atoms. The summed E-state index contributed by atoms with van der Waals surface area (Å²) in [6.45, 7) is 1.79. The lowest BCUT2D eigenvalue weighted by molar-refractivity contribution is -0.139. The summed E-state index contributed by atoms with van der Waals surface area (Å²) in [5, 5.41) is 8.34. The summed E-state index contributed by atoms with van der Waals surface area (Å²) in [6, 6.07) is 0. The Labute approximate surface area is 71.5 Å². The van der Waals surface area contributed by atoms with Gasteiger partial charge in [0.25, 0.3) is 0 Å². The molecule has 1 rings (SSSR count). The maximum atomic E-state index is 10.1. The summed E-state index contributed by atoms with van der Waals surface area (Å²) < 4.78 is 10.5. The molecule has 0 aliphatic carbocycles. The van der Waals surface area contributed by atoms with E-state index in [2.05, 4.69) is 0 Å². The molecule has 4 nitrogen and oxygen atoms in total. The molecule has 1 aliphatic heterocycles. The highest BCUT2D eigenvalue weighted by Crippen LogP contribution is 2.10. The smallest absolute Gasteiger partial charge is 0.305 e. The fourth-order valence-electron chi connectivity index (χ4n) is 1.16. The van der Waals surface area contributed by atoms with Gasteiger partial charge in [-0.25, -0.2) is 0 Å². The Balaban J connectivity index is 2.01. The molecular weight excluding hydrogens is 160 g/mol. The Morgan fingerprint density at radius 1 is 1.50 bits per heavy atom. The third kappa shape index (κ3) is 3.69. The van der Waals surface area contributed by atoms with Crippen molar-refractivity contribution in [3.8, 4) is 0 Å². The van der Waals surface area contributed by atoms with Crippen molar-refractivity contribution in [3.05, 3.63) is 0 Å². The van der Waals surface area contributed by atoms with Crippen LogP contribution in [0, 0.1) is 0 Å². The first-order chi connectivity index (χ1) is 5.79. The number of ether oxygens (including phenoxy) is 2. The molecule has 70 valence electrons. The van der Waals surface area contributed by atoms with Gasteiger partial charge >= 0.3 is 5.97 Å². The average molecular weight is 174 g/mol. The van der Waals surface area contributed by atoms with Gasteiger partial charge in [-0.05, 0) is 12.8 Å². The minimum Gasteiger partial charge on any atom is -0.481 e. The van der Waals surface area contributed by atoms with Gasteiger partial charge in [0.1, 0.15) is 0 Å².